The first kappa shape index (κ1) is 16.2. The maximum absolute atomic E-state index is 12.6. The number of nitrogens with one attached hydrogen (secondary N) is 1. The summed E-state index contributed by atoms with van der Waals surface area (Å²) in [7, 11) is -0.857. The van der Waals surface area contributed by atoms with Gasteiger partial charge in [0.15, 0.2) is 0 Å². The number of sulfonamides is 1. The molecule has 0 bridgehead atoms. The molecule has 5 nitrogen and oxygen atoms in total. The van der Waals surface area contributed by atoms with Crippen molar-refractivity contribution in [3.8, 4) is 11.5 Å². The molecule has 0 aliphatic heterocycles. The molecule has 6 heteroatoms. The summed E-state index contributed by atoms with van der Waals surface area (Å²) in [6, 6.07) is 11.9. The zero-order chi connectivity index (χ0) is 16.2. The van der Waals surface area contributed by atoms with Crippen molar-refractivity contribution in [3.05, 3.63) is 48.0 Å². The van der Waals surface area contributed by atoms with E-state index in [-0.39, 0.29) is 10.6 Å². The van der Waals surface area contributed by atoms with E-state index in [2.05, 4.69) is 4.72 Å². The van der Waals surface area contributed by atoms with Crippen LogP contribution in [0.1, 0.15) is 12.5 Å². The van der Waals surface area contributed by atoms with E-state index >= 15 is 0 Å². The number of anilines is 1. The lowest BCUT2D eigenvalue weighted by Gasteiger charge is -2.13. The van der Waals surface area contributed by atoms with E-state index in [0.29, 0.717) is 11.4 Å². The maximum Gasteiger partial charge on any atom is 0.265 e. The highest BCUT2D eigenvalue weighted by molar-refractivity contribution is 7.92. The van der Waals surface area contributed by atoms with E-state index in [1.54, 1.807) is 18.2 Å². The molecule has 0 radical (unpaired) electrons. The van der Waals surface area contributed by atoms with E-state index < -0.39 is 10.0 Å². The van der Waals surface area contributed by atoms with E-state index in [1.165, 1.54) is 20.3 Å². The fourth-order valence-corrected chi connectivity index (χ4v) is 3.29. The van der Waals surface area contributed by atoms with Crippen LogP contribution >= 0.6 is 0 Å². The number of benzene rings is 2. The Morgan fingerprint density at radius 3 is 2.45 bits per heavy atom. The van der Waals surface area contributed by atoms with Crippen LogP contribution in [0.5, 0.6) is 11.5 Å². The Balaban J connectivity index is 2.41. The first-order chi connectivity index (χ1) is 10.5. The number of methoxy groups -OCH3 is 2. The Morgan fingerprint density at radius 1 is 1.05 bits per heavy atom. The van der Waals surface area contributed by atoms with Gasteiger partial charge in [0.1, 0.15) is 16.4 Å². The van der Waals surface area contributed by atoms with Gasteiger partial charge in [-0.25, -0.2) is 8.42 Å². The number of ether oxygens (including phenoxy) is 2. The van der Waals surface area contributed by atoms with Crippen LogP contribution in [-0.2, 0) is 16.4 Å². The molecule has 1 N–H and O–H groups in total. The third-order valence-corrected chi connectivity index (χ3v) is 4.65. The summed E-state index contributed by atoms with van der Waals surface area (Å²) >= 11 is 0. The molecule has 0 aliphatic rings. The van der Waals surface area contributed by atoms with Gasteiger partial charge in [-0.3, -0.25) is 4.72 Å². The predicted molar refractivity (Wildman–Crippen MR) is 86.2 cm³/mol. The molecule has 0 unspecified atom stereocenters. The minimum absolute atomic E-state index is 0.0382. The molecule has 0 spiro atoms. The van der Waals surface area contributed by atoms with Gasteiger partial charge in [-0.2, -0.15) is 0 Å². The monoisotopic (exact) mass is 321 g/mol. The zero-order valence-corrected chi connectivity index (χ0v) is 13.6. The molecule has 0 aliphatic carbocycles. The van der Waals surface area contributed by atoms with Gasteiger partial charge in [0.05, 0.1) is 14.2 Å². The molecule has 0 fully saturated rings. The van der Waals surface area contributed by atoms with Crippen molar-refractivity contribution in [1.29, 1.82) is 0 Å². The standard InChI is InChI=1S/C16H19NO4S/c1-4-12-6-5-7-13(10-12)17-22(18,19)16-11-14(20-2)8-9-15(16)21-3/h5-11,17H,4H2,1-3H3. The molecular formula is C16H19NO4S. The first-order valence-electron chi connectivity index (χ1n) is 6.84. The lowest BCUT2D eigenvalue weighted by Crippen LogP contribution is -2.14. The van der Waals surface area contributed by atoms with Gasteiger partial charge in [0, 0.05) is 11.8 Å². The first-order valence-corrected chi connectivity index (χ1v) is 8.32. The topological polar surface area (TPSA) is 64.6 Å². The molecule has 0 amide bonds. The molecule has 0 atom stereocenters. The highest BCUT2D eigenvalue weighted by atomic mass is 32.2. The third kappa shape index (κ3) is 3.51. The summed E-state index contributed by atoms with van der Waals surface area (Å²) in [6.45, 7) is 2.01. The van der Waals surface area contributed by atoms with Gasteiger partial charge in [0.25, 0.3) is 10.0 Å². The fourth-order valence-electron chi connectivity index (χ4n) is 2.06. The molecular weight excluding hydrogens is 302 g/mol. The van der Waals surface area contributed by atoms with Gasteiger partial charge in [0.2, 0.25) is 0 Å². The predicted octanol–water partition coefficient (Wildman–Crippen LogP) is 3.07. The van der Waals surface area contributed by atoms with Crippen LogP contribution in [0.2, 0.25) is 0 Å². The summed E-state index contributed by atoms with van der Waals surface area (Å²) < 4.78 is 38.0. The van der Waals surface area contributed by atoms with Crippen LogP contribution in [0.15, 0.2) is 47.4 Å². The van der Waals surface area contributed by atoms with Gasteiger partial charge < -0.3 is 9.47 Å². The molecule has 2 aromatic rings. The highest BCUT2D eigenvalue weighted by Crippen LogP contribution is 2.29. The Bertz CT molecular complexity index is 756. The summed E-state index contributed by atoms with van der Waals surface area (Å²) in [5, 5.41) is 0. The molecule has 2 aromatic carbocycles. The second kappa shape index (κ2) is 6.70. The van der Waals surface area contributed by atoms with E-state index in [0.717, 1.165) is 12.0 Å². The Hall–Kier alpha value is -2.21. The van der Waals surface area contributed by atoms with Crippen molar-refractivity contribution >= 4 is 15.7 Å². The lowest BCUT2D eigenvalue weighted by molar-refractivity contribution is 0.392. The van der Waals surface area contributed by atoms with Gasteiger partial charge >= 0.3 is 0 Å². The van der Waals surface area contributed by atoms with Crippen LogP contribution in [-0.4, -0.2) is 22.6 Å². The lowest BCUT2D eigenvalue weighted by atomic mass is 10.1. The maximum atomic E-state index is 12.6. The third-order valence-electron chi connectivity index (χ3n) is 3.25. The molecule has 0 saturated heterocycles. The van der Waals surface area contributed by atoms with Crippen molar-refractivity contribution in [2.45, 2.75) is 18.2 Å². The van der Waals surface area contributed by atoms with Crippen LogP contribution in [0.25, 0.3) is 0 Å². The molecule has 0 saturated carbocycles. The van der Waals surface area contributed by atoms with Crippen LogP contribution in [0, 0.1) is 0 Å². The normalized spacial score (nSPS) is 11.0. The van der Waals surface area contributed by atoms with Crippen molar-refractivity contribution in [2.24, 2.45) is 0 Å². The highest BCUT2D eigenvalue weighted by Gasteiger charge is 2.20. The van der Waals surface area contributed by atoms with Gasteiger partial charge in [-0.05, 0) is 36.2 Å². The molecule has 0 aromatic heterocycles. The molecule has 22 heavy (non-hydrogen) atoms. The summed E-state index contributed by atoms with van der Waals surface area (Å²) in [5.74, 6) is 0.712. The minimum Gasteiger partial charge on any atom is -0.497 e. The SMILES string of the molecule is CCc1cccc(NS(=O)(=O)c2cc(OC)ccc2OC)c1. The van der Waals surface area contributed by atoms with Gasteiger partial charge in [-0.15, -0.1) is 0 Å². The Kier molecular flexibility index (Phi) is 4.92. The average molecular weight is 321 g/mol. The molecule has 118 valence electrons. The number of hydrogen-bond acceptors (Lipinski definition) is 4. The van der Waals surface area contributed by atoms with Crippen molar-refractivity contribution in [1.82, 2.24) is 0 Å². The van der Waals surface area contributed by atoms with Crippen molar-refractivity contribution in [3.63, 3.8) is 0 Å². The van der Waals surface area contributed by atoms with E-state index in [1.807, 2.05) is 25.1 Å². The fraction of sp³-hybridized carbons (Fsp3) is 0.250. The van der Waals surface area contributed by atoms with Crippen molar-refractivity contribution in [2.75, 3.05) is 18.9 Å². The minimum atomic E-state index is -3.77. The summed E-state index contributed by atoms with van der Waals surface area (Å²) in [6.07, 6.45) is 0.831. The number of rotatable bonds is 6. The van der Waals surface area contributed by atoms with Gasteiger partial charge in [-0.1, -0.05) is 19.1 Å². The number of aryl methyl sites for hydroxylation is 1. The average Bonchev–Trinajstić information content (AvgIpc) is 2.54. The second-order valence-corrected chi connectivity index (χ2v) is 6.33. The van der Waals surface area contributed by atoms with Crippen molar-refractivity contribution < 1.29 is 17.9 Å². The van der Waals surface area contributed by atoms with Crippen LogP contribution < -0.4 is 14.2 Å². The summed E-state index contributed by atoms with van der Waals surface area (Å²) in [5.41, 5.74) is 1.57. The largest absolute Gasteiger partial charge is 0.497 e. The molecule has 2 rings (SSSR count). The zero-order valence-electron chi connectivity index (χ0n) is 12.8. The Labute approximate surface area is 130 Å². The quantitative estimate of drug-likeness (QED) is 0.888. The smallest absolute Gasteiger partial charge is 0.265 e. The van der Waals surface area contributed by atoms with E-state index in [9.17, 15) is 8.42 Å². The number of hydrogen-bond donors (Lipinski definition) is 1. The second-order valence-electron chi connectivity index (χ2n) is 4.68. The Morgan fingerprint density at radius 2 is 1.82 bits per heavy atom. The van der Waals surface area contributed by atoms with E-state index in [4.69, 9.17) is 9.47 Å². The summed E-state index contributed by atoms with van der Waals surface area (Å²) in [4.78, 5) is 0.0382. The van der Waals surface area contributed by atoms with Crippen LogP contribution in [0.3, 0.4) is 0 Å². The van der Waals surface area contributed by atoms with Crippen LogP contribution in [0.4, 0.5) is 5.69 Å². The molecule has 0 heterocycles.